The third-order valence-electron chi connectivity index (χ3n) is 4.57. The Kier molecular flexibility index (Phi) is 9.19. The molecule has 0 bridgehead atoms. The van der Waals surface area contributed by atoms with Gasteiger partial charge in [0.2, 0.25) is 0 Å². The zero-order valence-electron chi connectivity index (χ0n) is 17.2. The molecule has 1 atom stereocenters. The Morgan fingerprint density at radius 3 is 2.46 bits per heavy atom. The number of nitrogens with one attached hydrogen (secondary N) is 2. The van der Waals surface area contributed by atoms with E-state index in [1.807, 2.05) is 43.3 Å². The van der Waals surface area contributed by atoms with Crippen LogP contribution in [0.4, 0.5) is 10.5 Å². The highest BCUT2D eigenvalue weighted by Gasteiger charge is 2.11. The molecule has 0 aromatic heterocycles. The van der Waals surface area contributed by atoms with Gasteiger partial charge in [0.25, 0.3) is 0 Å². The summed E-state index contributed by atoms with van der Waals surface area (Å²) in [6.45, 7) is 4.80. The number of methoxy groups -OCH3 is 1. The predicted octanol–water partition coefficient (Wildman–Crippen LogP) is 5.93. The van der Waals surface area contributed by atoms with Gasteiger partial charge in [0, 0.05) is 11.8 Å². The van der Waals surface area contributed by atoms with E-state index >= 15 is 0 Å². The van der Waals surface area contributed by atoms with Gasteiger partial charge < -0.3 is 20.1 Å². The Morgan fingerprint density at radius 1 is 1.00 bits per heavy atom. The highest BCUT2D eigenvalue weighted by molar-refractivity contribution is 5.89. The van der Waals surface area contributed by atoms with Crippen LogP contribution in [0.5, 0.6) is 11.5 Å². The topological polar surface area (TPSA) is 59.6 Å². The van der Waals surface area contributed by atoms with E-state index in [2.05, 4.69) is 17.6 Å². The lowest BCUT2D eigenvalue weighted by atomic mass is 10.1. The van der Waals surface area contributed by atoms with Crippen LogP contribution in [-0.4, -0.2) is 19.7 Å². The fourth-order valence-electron chi connectivity index (χ4n) is 2.94. The number of carbonyl (C=O) groups is 1. The lowest BCUT2D eigenvalue weighted by Gasteiger charge is -2.16. The average Bonchev–Trinajstić information content (AvgIpc) is 2.71. The molecule has 28 heavy (non-hydrogen) atoms. The van der Waals surface area contributed by atoms with Crippen LogP contribution in [0, 0.1) is 0 Å². The zero-order chi connectivity index (χ0) is 20.2. The van der Waals surface area contributed by atoms with Gasteiger partial charge in [-0.15, -0.1) is 0 Å². The summed E-state index contributed by atoms with van der Waals surface area (Å²) in [6, 6.07) is 14.9. The Labute approximate surface area is 168 Å². The number of rotatable bonds is 11. The number of amides is 2. The first-order chi connectivity index (χ1) is 13.6. The SMILES string of the molecule is CCCCCCCOc1cc(NC(=O)N[C@@H](C)c2ccccc2)ccc1OC. The van der Waals surface area contributed by atoms with Crippen molar-refractivity contribution < 1.29 is 14.3 Å². The molecule has 2 aromatic rings. The van der Waals surface area contributed by atoms with Gasteiger partial charge in [-0.25, -0.2) is 4.79 Å². The van der Waals surface area contributed by atoms with E-state index in [9.17, 15) is 4.79 Å². The van der Waals surface area contributed by atoms with Crippen LogP contribution in [0.3, 0.4) is 0 Å². The molecule has 0 spiro atoms. The quantitative estimate of drug-likeness (QED) is 0.472. The Bertz CT molecular complexity index is 719. The molecule has 2 rings (SSSR count). The van der Waals surface area contributed by atoms with Crippen molar-refractivity contribution in [2.24, 2.45) is 0 Å². The largest absolute Gasteiger partial charge is 0.493 e. The molecule has 0 saturated heterocycles. The summed E-state index contributed by atoms with van der Waals surface area (Å²) in [5, 5.41) is 5.81. The molecule has 0 aliphatic carbocycles. The highest BCUT2D eigenvalue weighted by Crippen LogP contribution is 2.30. The second-order valence-corrected chi connectivity index (χ2v) is 6.86. The fraction of sp³-hybridized carbons (Fsp3) is 0.435. The van der Waals surface area contributed by atoms with E-state index < -0.39 is 0 Å². The first-order valence-electron chi connectivity index (χ1n) is 10.1. The molecular formula is C23H32N2O3. The summed E-state index contributed by atoms with van der Waals surface area (Å²) >= 11 is 0. The number of hydrogen-bond acceptors (Lipinski definition) is 3. The molecule has 2 amide bonds. The molecule has 0 saturated carbocycles. The normalized spacial score (nSPS) is 11.5. The number of carbonyl (C=O) groups excluding carboxylic acids is 1. The summed E-state index contributed by atoms with van der Waals surface area (Å²) in [5.74, 6) is 1.31. The molecule has 5 nitrogen and oxygen atoms in total. The van der Waals surface area contributed by atoms with Gasteiger partial charge in [0.1, 0.15) is 0 Å². The summed E-state index contributed by atoms with van der Waals surface area (Å²) in [6.07, 6.45) is 5.90. The van der Waals surface area contributed by atoms with Crippen LogP contribution in [0.25, 0.3) is 0 Å². The number of hydrogen-bond donors (Lipinski definition) is 2. The van der Waals surface area contributed by atoms with Crippen molar-refractivity contribution >= 4 is 11.7 Å². The lowest BCUT2D eigenvalue weighted by molar-refractivity contribution is 0.249. The Balaban J connectivity index is 1.89. The Hall–Kier alpha value is -2.69. The molecule has 0 heterocycles. The van der Waals surface area contributed by atoms with Crippen molar-refractivity contribution in [3.63, 3.8) is 0 Å². The van der Waals surface area contributed by atoms with E-state index in [0.717, 1.165) is 18.4 Å². The summed E-state index contributed by atoms with van der Waals surface area (Å²) in [5.41, 5.74) is 1.72. The molecule has 2 aromatic carbocycles. The monoisotopic (exact) mass is 384 g/mol. The molecule has 5 heteroatoms. The van der Waals surface area contributed by atoms with Gasteiger partial charge in [-0.05, 0) is 31.0 Å². The van der Waals surface area contributed by atoms with Gasteiger partial charge in [-0.3, -0.25) is 0 Å². The second kappa shape index (κ2) is 11.9. The van der Waals surface area contributed by atoms with Gasteiger partial charge in [-0.1, -0.05) is 62.9 Å². The van der Waals surface area contributed by atoms with E-state index in [0.29, 0.717) is 23.8 Å². The maximum Gasteiger partial charge on any atom is 0.319 e. The Morgan fingerprint density at radius 2 is 1.75 bits per heavy atom. The molecular weight excluding hydrogens is 352 g/mol. The van der Waals surface area contributed by atoms with Crippen molar-refractivity contribution in [2.45, 2.75) is 52.0 Å². The highest BCUT2D eigenvalue weighted by atomic mass is 16.5. The van der Waals surface area contributed by atoms with Gasteiger partial charge >= 0.3 is 6.03 Å². The molecule has 0 radical (unpaired) electrons. The molecule has 152 valence electrons. The maximum absolute atomic E-state index is 12.3. The number of urea groups is 1. The van der Waals surface area contributed by atoms with E-state index in [-0.39, 0.29) is 12.1 Å². The van der Waals surface area contributed by atoms with Crippen LogP contribution < -0.4 is 20.1 Å². The van der Waals surface area contributed by atoms with E-state index in [1.54, 1.807) is 19.2 Å². The first-order valence-corrected chi connectivity index (χ1v) is 10.1. The lowest BCUT2D eigenvalue weighted by Crippen LogP contribution is -2.31. The molecule has 2 N–H and O–H groups in total. The standard InChI is InChI=1S/C23H32N2O3/c1-4-5-6-7-11-16-28-22-17-20(14-15-21(22)27-3)25-23(26)24-18(2)19-12-9-8-10-13-19/h8-10,12-15,17-18H,4-7,11,16H2,1-3H3,(H2,24,25,26)/t18-/m0/s1. The van der Waals surface area contributed by atoms with E-state index in [1.165, 1.54) is 19.3 Å². The summed E-state index contributed by atoms with van der Waals surface area (Å²) < 4.78 is 11.3. The summed E-state index contributed by atoms with van der Waals surface area (Å²) in [4.78, 5) is 12.3. The number of ether oxygens (including phenoxy) is 2. The molecule has 0 aliphatic heterocycles. The number of anilines is 1. The van der Waals surface area contributed by atoms with Crippen molar-refractivity contribution in [2.75, 3.05) is 19.0 Å². The zero-order valence-corrected chi connectivity index (χ0v) is 17.2. The van der Waals surface area contributed by atoms with Crippen molar-refractivity contribution in [1.29, 1.82) is 0 Å². The average molecular weight is 385 g/mol. The van der Waals surface area contributed by atoms with Crippen molar-refractivity contribution in [3.8, 4) is 11.5 Å². The smallest absolute Gasteiger partial charge is 0.319 e. The maximum atomic E-state index is 12.3. The van der Waals surface area contributed by atoms with Crippen LogP contribution in [-0.2, 0) is 0 Å². The third-order valence-corrected chi connectivity index (χ3v) is 4.57. The minimum absolute atomic E-state index is 0.0849. The molecule has 0 aliphatic rings. The fourth-order valence-corrected chi connectivity index (χ4v) is 2.94. The van der Waals surface area contributed by atoms with Gasteiger partial charge in [0.15, 0.2) is 11.5 Å². The van der Waals surface area contributed by atoms with Gasteiger partial charge in [-0.2, -0.15) is 0 Å². The molecule has 0 fully saturated rings. The number of benzene rings is 2. The van der Waals surface area contributed by atoms with Crippen LogP contribution in [0.15, 0.2) is 48.5 Å². The molecule has 0 unspecified atom stereocenters. The van der Waals surface area contributed by atoms with E-state index in [4.69, 9.17) is 9.47 Å². The third kappa shape index (κ3) is 7.14. The van der Waals surface area contributed by atoms with Crippen molar-refractivity contribution in [1.82, 2.24) is 5.32 Å². The summed E-state index contributed by atoms with van der Waals surface area (Å²) in [7, 11) is 1.62. The van der Waals surface area contributed by atoms with Gasteiger partial charge in [0.05, 0.1) is 19.8 Å². The minimum atomic E-state index is -0.257. The predicted molar refractivity (Wildman–Crippen MR) is 114 cm³/mol. The van der Waals surface area contributed by atoms with Crippen LogP contribution in [0.1, 0.15) is 57.6 Å². The van der Waals surface area contributed by atoms with Crippen LogP contribution >= 0.6 is 0 Å². The first kappa shape index (κ1) is 21.6. The number of unbranched alkanes of at least 4 members (excludes halogenated alkanes) is 4. The minimum Gasteiger partial charge on any atom is -0.493 e. The second-order valence-electron chi connectivity index (χ2n) is 6.86. The van der Waals surface area contributed by atoms with Crippen molar-refractivity contribution in [3.05, 3.63) is 54.1 Å². The van der Waals surface area contributed by atoms with Crippen LogP contribution in [0.2, 0.25) is 0 Å².